The standard InChI is InChI=1S/C15H16ClN3O2/c1-18-13(16)7-17-14(18)9-19-8-11(15(20)21)6-10-4-2-3-5-12(10)19/h2-5,7,11H,6,8-9H2,1H3,(H,20,21). The average Bonchev–Trinajstić information content (AvgIpc) is 2.79. The van der Waals surface area contributed by atoms with Crippen LogP contribution in [-0.4, -0.2) is 27.2 Å². The molecular formula is C15H16ClN3O2. The van der Waals surface area contributed by atoms with Gasteiger partial charge in [0.15, 0.2) is 0 Å². The second-order valence-corrected chi connectivity index (χ2v) is 5.69. The molecule has 2 heterocycles. The Labute approximate surface area is 127 Å². The number of para-hydroxylation sites is 1. The summed E-state index contributed by atoms with van der Waals surface area (Å²) in [6.07, 6.45) is 2.19. The van der Waals surface area contributed by atoms with Gasteiger partial charge < -0.3 is 14.6 Å². The van der Waals surface area contributed by atoms with Gasteiger partial charge in [-0.3, -0.25) is 4.79 Å². The Morgan fingerprint density at radius 1 is 1.48 bits per heavy atom. The molecule has 0 saturated heterocycles. The third kappa shape index (κ3) is 2.61. The highest BCUT2D eigenvalue weighted by atomic mass is 35.5. The lowest BCUT2D eigenvalue weighted by molar-refractivity contribution is -0.141. The number of nitrogens with zero attached hydrogens (tertiary/aromatic N) is 3. The van der Waals surface area contributed by atoms with E-state index in [1.54, 1.807) is 6.20 Å². The Kier molecular flexibility index (Phi) is 3.59. The van der Waals surface area contributed by atoms with Gasteiger partial charge in [-0.05, 0) is 18.1 Å². The number of carboxylic acid groups (broad SMARTS) is 1. The number of halogens is 1. The SMILES string of the molecule is Cn1c(Cl)cnc1CN1CC(C(=O)O)Cc2ccccc21. The minimum absolute atomic E-state index is 0.393. The first-order valence-electron chi connectivity index (χ1n) is 6.78. The monoisotopic (exact) mass is 305 g/mol. The van der Waals surface area contributed by atoms with Crippen LogP contribution in [0.25, 0.3) is 0 Å². The molecule has 1 N–H and O–H groups in total. The van der Waals surface area contributed by atoms with Crippen molar-refractivity contribution in [3.63, 3.8) is 0 Å². The zero-order valence-corrected chi connectivity index (χ0v) is 12.4. The molecule has 1 aliphatic rings. The van der Waals surface area contributed by atoms with Crippen molar-refractivity contribution in [2.75, 3.05) is 11.4 Å². The molecule has 0 amide bonds. The lowest BCUT2D eigenvalue weighted by Crippen LogP contribution is -2.39. The Morgan fingerprint density at radius 2 is 2.24 bits per heavy atom. The number of rotatable bonds is 3. The highest BCUT2D eigenvalue weighted by Gasteiger charge is 2.29. The Bertz CT molecular complexity index is 683. The largest absolute Gasteiger partial charge is 0.481 e. The number of imidazole rings is 1. The first-order chi connectivity index (χ1) is 10.1. The van der Waals surface area contributed by atoms with Crippen molar-refractivity contribution in [1.29, 1.82) is 0 Å². The summed E-state index contributed by atoms with van der Waals surface area (Å²) in [6.45, 7) is 1.03. The summed E-state index contributed by atoms with van der Waals surface area (Å²) in [4.78, 5) is 17.7. The number of carbonyl (C=O) groups is 1. The average molecular weight is 306 g/mol. The number of aliphatic carboxylic acids is 1. The summed E-state index contributed by atoms with van der Waals surface area (Å²) < 4.78 is 1.81. The maximum absolute atomic E-state index is 11.4. The van der Waals surface area contributed by atoms with Crippen molar-refractivity contribution in [3.05, 3.63) is 47.0 Å². The first kappa shape index (κ1) is 13.9. The Morgan fingerprint density at radius 3 is 2.90 bits per heavy atom. The predicted molar refractivity (Wildman–Crippen MR) is 80.5 cm³/mol. The quantitative estimate of drug-likeness (QED) is 0.945. The molecule has 1 aromatic heterocycles. The molecule has 0 fully saturated rings. The second-order valence-electron chi connectivity index (χ2n) is 5.30. The number of benzene rings is 1. The van der Waals surface area contributed by atoms with Gasteiger partial charge in [-0.1, -0.05) is 29.8 Å². The molecule has 21 heavy (non-hydrogen) atoms. The number of hydrogen-bond donors (Lipinski definition) is 1. The van der Waals surface area contributed by atoms with E-state index in [0.717, 1.165) is 17.1 Å². The van der Waals surface area contributed by atoms with Crippen molar-refractivity contribution >= 4 is 23.3 Å². The maximum atomic E-state index is 11.4. The van der Waals surface area contributed by atoms with Crippen LogP contribution in [0.3, 0.4) is 0 Å². The molecule has 0 spiro atoms. The number of hydrogen-bond acceptors (Lipinski definition) is 3. The molecule has 0 radical (unpaired) electrons. The van der Waals surface area contributed by atoms with Crippen LogP contribution in [0, 0.1) is 5.92 Å². The summed E-state index contributed by atoms with van der Waals surface area (Å²) in [7, 11) is 1.86. The number of carboxylic acids is 1. The van der Waals surface area contributed by atoms with Crippen LogP contribution in [-0.2, 0) is 24.8 Å². The molecule has 1 unspecified atom stereocenters. The van der Waals surface area contributed by atoms with Crippen LogP contribution in [0.2, 0.25) is 5.15 Å². The van der Waals surface area contributed by atoms with Gasteiger partial charge in [0.2, 0.25) is 0 Å². The fraction of sp³-hybridized carbons (Fsp3) is 0.333. The Balaban J connectivity index is 1.93. The molecular weight excluding hydrogens is 290 g/mol. The van der Waals surface area contributed by atoms with Gasteiger partial charge in [-0.25, -0.2) is 4.98 Å². The summed E-state index contributed by atoms with van der Waals surface area (Å²) in [5.41, 5.74) is 2.14. The van der Waals surface area contributed by atoms with Gasteiger partial charge in [-0.2, -0.15) is 0 Å². The molecule has 110 valence electrons. The van der Waals surface area contributed by atoms with Crippen LogP contribution in [0.15, 0.2) is 30.5 Å². The van der Waals surface area contributed by atoms with Crippen LogP contribution in [0.1, 0.15) is 11.4 Å². The van der Waals surface area contributed by atoms with E-state index in [1.807, 2.05) is 35.9 Å². The van der Waals surface area contributed by atoms with E-state index in [-0.39, 0.29) is 0 Å². The van der Waals surface area contributed by atoms with Crippen molar-refractivity contribution in [2.24, 2.45) is 13.0 Å². The topological polar surface area (TPSA) is 58.4 Å². The first-order valence-corrected chi connectivity index (χ1v) is 7.16. The number of aromatic nitrogens is 2. The summed E-state index contributed by atoms with van der Waals surface area (Å²) in [5, 5.41) is 9.91. The summed E-state index contributed by atoms with van der Waals surface area (Å²) >= 11 is 6.01. The highest BCUT2D eigenvalue weighted by Crippen LogP contribution is 2.31. The summed E-state index contributed by atoms with van der Waals surface area (Å²) in [6, 6.07) is 7.93. The van der Waals surface area contributed by atoms with E-state index >= 15 is 0 Å². The predicted octanol–water partition coefficient (Wildman–Crippen LogP) is 2.34. The van der Waals surface area contributed by atoms with Gasteiger partial charge >= 0.3 is 5.97 Å². The van der Waals surface area contributed by atoms with Crippen LogP contribution >= 0.6 is 11.6 Å². The maximum Gasteiger partial charge on any atom is 0.308 e. The van der Waals surface area contributed by atoms with Gasteiger partial charge in [0.25, 0.3) is 0 Å². The number of fused-ring (bicyclic) bond motifs is 1. The van der Waals surface area contributed by atoms with Crippen molar-refractivity contribution in [1.82, 2.24) is 9.55 Å². The third-order valence-electron chi connectivity index (χ3n) is 3.95. The second kappa shape index (κ2) is 5.41. The Hall–Kier alpha value is -2.01. The molecule has 1 aliphatic heterocycles. The highest BCUT2D eigenvalue weighted by molar-refractivity contribution is 6.29. The van der Waals surface area contributed by atoms with E-state index in [2.05, 4.69) is 9.88 Å². The fourth-order valence-corrected chi connectivity index (χ4v) is 2.89. The lowest BCUT2D eigenvalue weighted by Gasteiger charge is -2.34. The van der Waals surface area contributed by atoms with E-state index in [0.29, 0.717) is 24.7 Å². The molecule has 1 atom stereocenters. The molecule has 0 saturated carbocycles. The lowest BCUT2D eigenvalue weighted by atomic mass is 9.92. The zero-order chi connectivity index (χ0) is 15.0. The molecule has 6 heteroatoms. The van der Waals surface area contributed by atoms with Crippen molar-refractivity contribution in [3.8, 4) is 0 Å². The van der Waals surface area contributed by atoms with Crippen LogP contribution in [0.4, 0.5) is 5.69 Å². The molecule has 2 aromatic rings. The van der Waals surface area contributed by atoms with Gasteiger partial charge in [-0.15, -0.1) is 0 Å². The van der Waals surface area contributed by atoms with Crippen molar-refractivity contribution in [2.45, 2.75) is 13.0 Å². The molecule has 5 nitrogen and oxygen atoms in total. The number of anilines is 1. The van der Waals surface area contributed by atoms with Crippen LogP contribution < -0.4 is 4.90 Å². The van der Waals surface area contributed by atoms with Crippen LogP contribution in [0.5, 0.6) is 0 Å². The van der Waals surface area contributed by atoms with E-state index in [9.17, 15) is 9.90 Å². The zero-order valence-electron chi connectivity index (χ0n) is 11.7. The smallest absolute Gasteiger partial charge is 0.308 e. The van der Waals surface area contributed by atoms with Gasteiger partial charge in [0.1, 0.15) is 11.0 Å². The molecule has 0 aliphatic carbocycles. The van der Waals surface area contributed by atoms with Gasteiger partial charge in [0.05, 0.1) is 18.7 Å². The van der Waals surface area contributed by atoms with Gasteiger partial charge in [0, 0.05) is 19.3 Å². The van der Waals surface area contributed by atoms with E-state index < -0.39 is 11.9 Å². The van der Waals surface area contributed by atoms with E-state index in [1.165, 1.54) is 0 Å². The molecule has 3 rings (SSSR count). The molecule has 0 bridgehead atoms. The molecule has 1 aromatic carbocycles. The minimum Gasteiger partial charge on any atom is -0.481 e. The minimum atomic E-state index is -0.757. The van der Waals surface area contributed by atoms with Crippen molar-refractivity contribution < 1.29 is 9.90 Å². The third-order valence-corrected chi connectivity index (χ3v) is 4.30. The summed E-state index contributed by atoms with van der Waals surface area (Å²) in [5.74, 6) is -0.330. The normalized spacial score (nSPS) is 17.6. The fourth-order valence-electron chi connectivity index (χ4n) is 2.74. The van der Waals surface area contributed by atoms with E-state index in [4.69, 9.17) is 11.6 Å².